The fourth-order valence-corrected chi connectivity index (χ4v) is 8.05. The number of fused-ring (bicyclic) bond motifs is 2. The zero-order valence-electron chi connectivity index (χ0n) is 33.9. The number of hydrogen-bond donors (Lipinski definition) is 10. The van der Waals surface area contributed by atoms with Gasteiger partial charge in [0, 0.05) is 65.4 Å². The maximum atomic E-state index is 14.4. The van der Waals surface area contributed by atoms with Gasteiger partial charge in [0.25, 0.3) is 5.91 Å². The third-order valence-corrected chi connectivity index (χ3v) is 11.4. The zero-order chi connectivity index (χ0) is 44.9. The van der Waals surface area contributed by atoms with E-state index in [2.05, 4.69) is 46.5 Å². The number of guanidine groups is 1. The Morgan fingerprint density at radius 2 is 1.44 bits per heavy atom. The van der Waals surface area contributed by atoms with Gasteiger partial charge in [-0.1, -0.05) is 48.5 Å². The van der Waals surface area contributed by atoms with Crippen LogP contribution >= 0.6 is 11.8 Å². The molecule has 0 radical (unpaired) electrons. The summed E-state index contributed by atoms with van der Waals surface area (Å²) in [6.45, 7) is 0.108. The van der Waals surface area contributed by atoms with Gasteiger partial charge in [0.2, 0.25) is 29.5 Å². The number of rotatable bonds is 11. The summed E-state index contributed by atoms with van der Waals surface area (Å²) in [7, 11) is 0. The molecule has 6 amide bonds. The van der Waals surface area contributed by atoms with Gasteiger partial charge < -0.3 is 53.8 Å². The molecular weight excluding hydrogens is 827 g/mol. The minimum atomic E-state index is -1.31. The van der Waals surface area contributed by atoms with Crippen LogP contribution < -0.4 is 43.8 Å². The molecule has 0 fully saturated rings. The zero-order valence-corrected chi connectivity index (χ0v) is 34.7. The van der Waals surface area contributed by atoms with Crippen LogP contribution in [-0.4, -0.2) is 98.9 Å². The summed E-state index contributed by atoms with van der Waals surface area (Å²) in [5.41, 5.74) is 19.7. The average Bonchev–Trinajstić information content (AvgIpc) is 3.95. The minimum Gasteiger partial charge on any atom is -0.370 e. The Kier molecular flexibility index (Phi) is 15.1. The monoisotopic (exact) mass is 873 g/mol. The molecule has 5 atom stereocenters. The van der Waals surface area contributed by atoms with Crippen LogP contribution in [-0.2, 0) is 43.2 Å². The van der Waals surface area contributed by atoms with Crippen molar-refractivity contribution < 1.29 is 28.8 Å². The summed E-state index contributed by atoms with van der Waals surface area (Å²) < 4.78 is 0. The Balaban J connectivity index is 1.42. The molecule has 0 spiro atoms. The van der Waals surface area contributed by atoms with E-state index in [9.17, 15) is 34.0 Å². The van der Waals surface area contributed by atoms with Crippen LogP contribution in [0.3, 0.4) is 0 Å². The molecule has 19 nitrogen and oxygen atoms in total. The Hall–Kier alpha value is -7.66. The van der Waals surface area contributed by atoms with Crippen molar-refractivity contribution in [2.75, 3.05) is 12.3 Å². The topological polar surface area (TPSA) is 321 Å². The van der Waals surface area contributed by atoms with E-state index in [1.807, 2.05) is 30.3 Å². The number of amides is 6. The molecule has 3 heterocycles. The highest BCUT2D eigenvalue weighted by molar-refractivity contribution is 7.99. The molecule has 326 valence electrons. The molecule has 0 saturated heterocycles. The summed E-state index contributed by atoms with van der Waals surface area (Å²) >= 11 is 1.01. The van der Waals surface area contributed by atoms with Crippen molar-refractivity contribution in [3.8, 4) is 6.07 Å². The molecule has 6 rings (SSSR count). The van der Waals surface area contributed by atoms with Crippen LogP contribution in [0.1, 0.15) is 45.6 Å². The van der Waals surface area contributed by atoms with Crippen molar-refractivity contribution in [2.24, 2.45) is 22.2 Å². The number of nitrogens with one attached hydrogen (secondary N) is 7. The van der Waals surface area contributed by atoms with Crippen molar-refractivity contribution in [3.05, 3.63) is 119 Å². The Bertz CT molecular complexity index is 2520. The van der Waals surface area contributed by atoms with Crippen molar-refractivity contribution in [3.63, 3.8) is 0 Å². The number of nitriles is 1. The first-order valence-corrected chi connectivity index (χ1v) is 21.0. The summed E-state index contributed by atoms with van der Waals surface area (Å²) in [5, 5.41) is 24.3. The third-order valence-electron chi connectivity index (χ3n) is 10.2. The molecule has 13 N–H and O–H groups in total. The first-order valence-electron chi connectivity index (χ1n) is 20.0. The average molecular weight is 874 g/mol. The molecule has 0 bridgehead atoms. The number of H-pyrrole nitrogens is 2. The van der Waals surface area contributed by atoms with Gasteiger partial charge in [-0.15, -0.1) is 11.8 Å². The van der Waals surface area contributed by atoms with Gasteiger partial charge in [0.15, 0.2) is 5.96 Å². The van der Waals surface area contributed by atoms with Crippen LogP contribution in [0.25, 0.3) is 10.9 Å². The molecule has 0 saturated carbocycles. The molecule has 0 unspecified atom stereocenters. The summed E-state index contributed by atoms with van der Waals surface area (Å²) in [6.07, 6.45) is 4.68. The molecule has 3 aromatic carbocycles. The van der Waals surface area contributed by atoms with Crippen LogP contribution in [0, 0.1) is 11.3 Å². The van der Waals surface area contributed by atoms with Gasteiger partial charge in [-0.2, -0.15) is 5.26 Å². The van der Waals surface area contributed by atoms with Crippen molar-refractivity contribution >= 4 is 64.1 Å². The summed E-state index contributed by atoms with van der Waals surface area (Å²) in [5.74, 6) is -4.96. The lowest BCUT2D eigenvalue weighted by molar-refractivity contribution is -0.134. The Morgan fingerprint density at radius 3 is 2.14 bits per heavy atom. The van der Waals surface area contributed by atoms with E-state index in [1.54, 1.807) is 36.5 Å². The molecular formula is C43H47N13O6S. The highest BCUT2D eigenvalue weighted by Crippen LogP contribution is 2.26. The van der Waals surface area contributed by atoms with Crippen molar-refractivity contribution in [1.82, 2.24) is 41.5 Å². The van der Waals surface area contributed by atoms with E-state index in [-0.39, 0.29) is 61.5 Å². The second-order valence-electron chi connectivity index (χ2n) is 14.8. The van der Waals surface area contributed by atoms with Gasteiger partial charge >= 0.3 is 0 Å². The largest absolute Gasteiger partial charge is 0.370 e. The predicted molar refractivity (Wildman–Crippen MR) is 234 cm³/mol. The number of hydrogen-bond acceptors (Lipinski definition) is 10. The van der Waals surface area contributed by atoms with Crippen LogP contribution in [0.4, 0.5) is 0 Å². The SMILES string of the molecule is N#Cc1ccc2c(c1)C(=O)N[C@@H](Cc1cnc[nH]1)C(=O)N[C@H](Cc1ccccc1)C(=O)N[C@@H](CCCN=C(N)N)C(=O)N[C@@H](Cc1c[nH]c3ccccc13)C(=O)N[C@H](C(N)=O)CS2. The first-order chi connectivity index (χ1) is 30.4. The number of primary amides is 1. The van der Waals surface area contributed by atoms with E-state index < -0.39 is 65.7 Å². The molecule has 63 heavy (non-hydrogen) atoms. The highest BCUT2D eigenvalue weighted by atomic mass is 32.2. The fraction of sp³-hybridized carbons (Fsp3) is 0.279. The number of carbonyl (C=O) groups is 6. The van der Waals surface area contributed by atoms with Crippen LogP contribution in [0.2, 0.25) is 0 Å². The predicted octanol–water partition coefficient (Wildman–Crippen LogP) is 0.173. The number of aliphatic imine (C=N–C) groups is 1. The number of aromatic nitrogens is 3. The van der Waals surface area contributed by atoms with Crippen LogP contribution in [0.5, 0.6) is 0 Å². The van der Waals surface area contributed by atoms with Crippen molar-refractivity contribution in [1.29, 1.82) is 5.26 Å². The number of para-hydroxylation sites is 1. The number of imidazole rings is 1. The van der Waals surface area contributed by atoms with Gasteiger partial charge in [-0.3, -0.25) is 33.8 Å². The van der Waals surface area contributed by atoms with Gasteiger partial charge in [-0.05, 0) is 48.2 Å². The smallest absolute Gasteiger partial charge is 0.253 e. The second kappa shape index (κ2) is 21.2. The summed E-state index contributed by atoms with van der Waals surface area (Å²) in [6, 6.07) is 16.1. The maximum absolute atomic E-state index is 14.4. The van der Waals surface area contributed by atoms with E-state index in [0.717, 1.165) is 22.7 Å². The number of carbonyl (C=O) groups excluding carboxylic acids is 6. The Labute approximate surface area is 365 Å². The number of benzene rings is 3. The highest BCUT2D eigenvalue weighted by Gasteiger charge is 2.34. The molecule has 1 aliphatic rings. The molecule has 1 aliphatic heterocycles. The normalized spacial score (nSPS) is 20.2. The fourth-order valence-electron chi connectivity index (χ4n) is 6.98. The number of nitrogens with zero attached hydrogens (tertiary/aromatic N) is 3. The first kappa shape index (κ1) is 44.9. The maximum Gasteiger partial charge on any atom is 0.253 e. The van der Waals surface area contributed by atoms with E-state index in [0.29, 0.717) is 21.7 Å². The lowest BCUT2D eigenvalue weighted by Crippen LogP contribution is -2.60. The molecule has 20 heteroatoms. The molecule has 2 aromatic heterocycles. The Morgan fingerprint density at radius 1 is 0.778 bits per heavy atom. The lowest BCUT2D eigenvalue weighted by atomic mass is 10.0. The number of aromatic amines is 2. The second-order valence-corrected chi connectivity index (χ2v) is 15.9. The molecule has 0 aliphatic carbocycles. The summed E-state index contributed by atoms with van der Waals surface area (Å²) in [4.78, 5) is 99.0. The lowest BCUT2D eigenvalue weighted by Gasteiger charge is -2.27. The van der Waals surface area contributed by atoms with Crippen LogP contribution in [0.15, 0.2) is 101 Å². The van der Waals surface area contributed by atoms with Crippen molar-refractivity contribution in [2.45, 2.75) is 67.2 Å². The number of thioether (sulfide) groups is 1. The van der Waals surface area contributed by atoms with E-state index >= 15 is 0 Å². The molecule has 5 aromatic rings. The van der Waals surface area contributed by atoms with E-state index in [4.69, 9.17) is 17.2 Å². The number of nitrogens with two attached hydrogens (primary N) is 3. The van der Waals surface area contributed by atoms with E-state index in [1.165, 1.54) is 30.7 Å². The quantitative estimate of drug-likeness (QED) is 0.0485. The van der Waals surface area contributed by atoms with Gasteiger partial charge in [0.1, 0.15) is 30.2 Å². The minimum absolute atomic E-state index is 0.000506. The third kappa shape index (κ3) is 12.2. The van der Waals surface area contributed by atoms with Gasteiger partial charge in [0.05, 0.1) is 23.5 Å². The standard InChI is InChI=1S/C43H47N13O6S/c44-19-25-12-13-36-29(15-25)38(58)53-34(18-27-21-48-23-51-27)42(62)54-32(16-24-7-2-1-3-8-24)40(60)52-31(11-6-14-49-43(46)47)39(59)55-33(41(61)56-35(22-63-36)37(45)57)17-26-20-50-30-10-5-4-9-28(26)30/h1-5,7-10,12-13,15,20-21,23,31-35,50H,6,11,14,16-18,22H2,(H2,45,57)(H,48,51)(H,52,60)(H,53,58)(H,54,62)(H,55,59)(H,56,61)(H4,46,47,49)/t31-,32+,33-,34-,35-/m0/s1. The van der Waals surface area contributed by atoms with Gasteiger partial charge in [-0.25, -0.2) is 4.98 Å².